The summed E-state index contributed by atoms with van der Waals surface area (Å²) in [6.45, 7) is 6.83. The summed E-state index contributed by atoms with van der Waals surface area (Å²) >= 11 is 0. The molecule has 1 aromatic heterocycles. The van der Waals surface area contributed by atoms with E-state index in [-0.39, 0.29) is 29.5 Å². The Bertz CT molecular complexity index is 928. The van der Waals surface area contributed by atoms with Gasteiger partial charge in [0.2, 0.25) is 15.9 Å². The number of hydrogen-bond acceptors (Lipinski definition) is 6. The van der Waals surface area contributed by atoms with Gasteiger partial charge >= 0.3 is 0 Å². The Morgan fingerprint density at radius 3 is 2.40 bits per heavy atom. The Morgan fingerprint density at radius 2 is 1.77 bits per heavy atom. The third kappa shape index (κ3) is 6.13. The van der Waals surface area contributed by atoms with Crippen LogP contribution in [0.5, 0.6) is 0 Å². The summed E-state index contributed by atoms with van der Waals surface area (Å²) in [6, 6.07) is 8.27. The van der Waals surface area contributed by atoms with E-state index in [2.05, 4.69) is 32.2 Å². The van der Waals surface area contributed by atoms with Crippen molar-refractivity contribution < 1.29 is 17.7 Å². The largest absolute Gasteiger partial charge is 0.360 e. The van der Waals surface area contributed by atoms with Crippen molar-refractivity contribution in [3.05, 3.63) is 46.8 Å². The number of aryl methyl sites for hydroxylation is 2. The molecule has 0 unspecified atom stereocenters. The predicted molar refractivity (Wildman–Crippen MR) is 113 cm³/mol. The van der Waals surface area contributed by atoms with Gasteiger partial charge in [0, 0.05) is 26.1 Å². The topological polar surface area (TPSA) is 105 Å². The molecular formula is C21H30N4O4S. The van der Waals surface area contributed by atoms with Gasteiger partial charge in [0.25, 0.3) is 0 Å². The fraction of sp³-hybridized carbons (Fsp3) is 0.524. The zero-order chi connectivity index (χ0) is 21.6. The van der Waals surface area contributed by atoms with Crippen molar-refractivity contribution in [3.8, 4) is 0 Å². The standard InChI is InChI=1S/C21H30N4O4S/c1-16-21(17(2)29-24-16)30(27,28)23-11-10-20(26)22-14-18-6-8-19(9-7-18)15-25-12-4-3-5-13-25/h6-9,23H,3-5,10-15H2,1-2H3,(H,22,26). The molecule has 2 N–H and O–H groups in total. The van der Waals surface area contributed by atoms with E-state index in [4.69, 9.17) is 4.52 Å². The van der Waals surface area contributed by atoms with E-state index in [1.165, 1.54) is 24.8 Å². The summed E-state index contributed by atoms with van der Waals surface area (Å²) in [5, 5.41) is 6.48. The molecule has 0 radical (unpaired) electrons. The Morgan fingerprint density at radius 1 is 1.10 bits per heavy atom. The number of carbonyl (C=O) groups excluding carboxylic acids is 1. The van der Waals surface area contributed by atoms with Crippen LogP contribution in [-0.4, -0.2) is 44.0 Å². The monoisotopic (exact) mass is 434 g/mol. The third-order valence-corrected chi connectivity index (χ3v) is 6.95. The second-order valence-corrected chi connectivity index (χ2v) is 9.43. The molecule has 1 aromatic carbocycles. The van der Waals surface area contributed by atoms with Crippen LogP contribution in [0.4, 0.5) is 0 Å². The number of aromatic nitrogens is 1. The fourth-order valence-corrected chi connectivity index (χ4v) is 5.01. The van der Waals surface area contributed by atoms with Gasteiger partial charge in [-0.05, 0) is 50.9 Å². The minimum Gasteiger partial charge on any atom is -0.360 e. The van der Waals surface area contributed by atoms with E-state index in [0.717, 1.165) is 25.2 Å². The molecule has 9 heteroatoms. The van der Waals surface area contributed by atoms with Crippen LogP contribution < -0.4 is 10.0 Å². The SMILES string of the molecule is Cc1noc(C)c1S(=O)(=O)NCCC(=O)NCc1ccc(CN2CCCCC2)cc1. The van der Waals surface area contributed by atoms with Crippen molar-refractivity contribution in [2.45, 2.75) is 57.5 Å². The van der Waals surface area contributed by atoms with Crippen molar-refractivity contribution in [2.75, 3.05) is 19.6 Å². The average molecular weight is 435 g/mol. The second-order valence-electron chi connectivity index (χ2n) is 7.73. The van der Waals surface area contributed by atoms with E-state index in [9.17, 15) is 13.2 Å². The van der Waals surface area contributed by atoms with Gasteiger partial charge in [-0.15, -0.1) is 0 Å². The van der Waals surface area contributed by atoms with Crippen molar-refractivity contribution in [3.63, 3.8) is 0 Å². The molecule has 1 aliphatic heterocycles. The quantitative estimate of drug-likeness (QED) is 0.627. The maximum absolute atomic E-state index is 12.3. The first-order valence-electron chi connectivity index (χ1n) is 10.3. The highest BCUT2D eigenvalue weighted by Gasteiger charge is 2.23. The maximum Gasteiger partial charge on any atom is 0.245 e. The Balaban J connectivity index is 1.40. The van der Waals surface area contributed by atoms with Crippen molar-refractivity contribution in [2.24, 2.45) is 0 Å². The molecule has 1 saturated heterocycles. The van der Waals surface area contributed by atoms with E-state index in [0.29, 0.717) is 12.2 Å². The molecule has 0 atom stereocenters. The highest BCUT2D eigenvalue weighted by Crippen LogP contribution is 2.18. The number of piperidine rings is 1. The number of nitrogens with zero attached hydrogens (tertiary/aromatic N) is 2. The fourth-order valence-electron chi connectivity index (χ4n) is 3.66. The number of rotatable bonds is 9. The molecule has 30 heavy (non-hydrogen) atoms. The molecule has 0 aliphatic carbocycles. The van der Waals surface area contributed by atoms with Crippen LogP contribution in [0.25, 0.3) is 0 Å². The van der Waals surface area contributed by atoms with Gasteiger partial charge in [-0.2, -0.15) is 0 Å². The molecule has 1 aliphatic rings. The lowest BCUT2D eigenvalue weighted by Gasteiger charge is -2.26. The Kier molecular flexibility index (Phi) is 7.63. The first-order valence-corrected chi connectivity index (χ1v) is 11.8. The first-order chi connectivity index (χ1) is 14.3. The van der Waals surface area contributed by atoms with Crippen LogP contribution in [-0.2, 0) is 27.9 Å². The lowest BCUT2D eigenvalue weighted by Crippen LogP contribution is -2.31. The normalized spacial score (nSPS) is 15.3. The van der Waals surface area contributed by atoms with E-state index < -0.39 is 10.0 Å². The molecule has 164 valence electrons. The van der Waals surface area contributed by atoms with E-state index in [1.807, 2.05) is 12.1 Å². The smallest absolute Gasteiger partial charge is 0.245 e. The molecule has 2 heterocycles. The molecule has 2 aromatic rings. The molecule has 1 fully saturated rings. The highest BCUT2D eigenvalue weighted by molar-refractivity contribution is 7.89. The van der Waals surface area contributed by atoms with Crippen LogP contribution in [0, 0.1) is 13.8 Å². The van der Waals surface area contributed by atoms with Gasteiger partial charge in [0.15, 0.2) is 5.76 Å². The highest BCUT2D eigenvalue weighted by atomic mass is 32.2. The van der Waals surface area contributed by atoms with Crippen molar-refractivity contribution in [1.29, 1.82) is 0 Å². The summed E-state index contributed by atoms with van der Waals surface area (Å²) in [4.78, 5) is 14.6. The molecule has 0 spiro atoms. The van der Waals surface area contributed by atoms with Gasteiger partial charge in [0.1, 0.15) is 10.6 Å². The van der Waals surface area contributed by atoms with Gasteiger partial charge < -0.3 is 9.84 Å². The minimum atomic E-state index is -3.75. The van der Waals surface area contributed by atoms with Crippen LogP contribution in [0.15, 0.2) is 33.7 Å². The number of hydrogen-bond donors (Lipinski definition) is 2. The van der Waals surface area contributed by atoms with Crippen LogP contribution in [0.2, 0.25) is 0 Å². The number of amides is 1. The Labute approximate surface area is 178 Å². The number of benzene rings is 1. The zero-order valence-corrected chi connectivity index (χ0v) is 18.4. The maximum atomic E-state index is 12.3. The number of likely N-dealkylation sites (tertiary alicyclic amines) is 1. The number of sulfonamides is 1. The first kappa shape index (κ1) is 22.5. The second kappa shape index (κ2) is 10.2. The lowest BCUT2D eigenvalue weighted by atomic mass is 10.1. The molecule has 0 saturated carbocycles. The number of nitrogens with one attached hydrogen (secondary N) is 2. The molecule has 1 amide bonds. The Hall–Kier alpha value is -2.23. The molecule has 8 nitrogen and oxygen atoms in total. The van der Waals surface area contributed by atoms with Crippen LogP contribution in [0.1, 0.15) is 48.3 Å². The van der Waals surface area contributed by atoms with Crippen LogP contribution >= 0.6 is 0 Å². The molecule has 0 bridgehead atoms. The van der Waals surface area contributed by atoms with Crippen LogP contribution in [0.3, 0.4) is 0 Å². The molecular weight excluding hydrogens is 404 g/mol. The van der Waals surface area contributed by atoms with Crippen molar-refractivity contribution in [1.82, 2.24) is 20.1 Å². The molecule has 3 rings (SSSR count). The summed E-state index contributed by atoms with van der Waals surface area (Å²) < 4.78 is 32.0. The van der Waals surface area contributed by atoms with Crippen molar-refractivity contribution >= 4 is 15.9 Å². The van der Waals surface area contributed by atoms with E-state index >= 15 is 0 Å². The van der Waals surface area contributed by atoms with E-state index in [1.54, 1.807) is 13.8 Å². The van der Waals surface area contributed by atoms with Gasteiger partial charge in [-0.1, -0.05) is 35.8 Å². The van der Waals surface area contributed by atoms with Gasteiger partial charge in [-0.25, -0.2) is 13.1 Å². The summed E-state index contributed by atoms with van der Waals surface area (Å²) in [7, 11) is -3.75. The third-order valence-electron chi connectivity index (χ3n) is 5.25. The summed E-state index contributed by atoms with van der Waals surface area (Å²) in [5.74, 6) is 0.0158. The number of carbonyl (C=O) groups is 1. The average Bonchev–Trinajstić information content (AvgIpc) is 3.07. The summed E-state index contributed by atoms with van der Waals surface area (Å²) in [6.07, 6.45) is 3.93. The lowest BCUT2D eigenvalue weighted by molar-refractivity contribution is -0.121. The van der Waals surface area contributed by atoms with Gasteiger partial charge in [-0.3, -0.25) is 9.69 Å². The summed E-state index contributed by atoms with van der Waals surface area (Å²) in [5.41, 5.74) is 2.59. The predicted octanol–water partition coefficient (Wildman–Crippen LogP) is 2.26. The zero-order valence-electron chi connectivity index (χ0n) is 17.6. The minimum absolute atomic E-state index is 0.00694. The van der Waals surface area contributed by atoms with Gasteiger partial charge in [0.05, 0.1) is 0 Å².